The first-order chi connectivity index (χ1) is 7.04. The van der Waals surface area contributed by atoms with Crippen LogP contribution >= 0.6 is 0 Å². The lowest BCUT2D eigenvalue weighted by atomic mass is 10.1. The molecule has 0 radical (unpaired) electrons. The summed E-state index contributed by atoms with van der Waals surface area (Å²) in [6.45, 7) is 0. The molecule has 0 aliphatic heterocycles. The average molecular weight is 214 g/mol. The van der Waals surface area contributed by atoms with Crippen LogP contribution in [0.2, 0.25) is 0 Å². The molecule has 15 heavy (non-hydrogen) atoms. The van der Waals surface area contributed by atoms with Crippen LogP contribution in [0.15, 0.2) is 18.2 Å². The second kappa shape index (κ2) is 4.54. The van der Waals surface area contributed by atoms with E-state index < -0.39 is 17.6 Å². The standard InChI is InChI=1S/C10H8F2O3/c1-15-9-5-6(11)4-8(12)7(9)2-3-10(13)14/h2-5H,1H3,(H,13,14)/b3-2+. The first-order valence-corrected chi connectivity index (χ1v) is 3.98. The molecule has 0 saturated heterocycles. The summed E-state index contributed by atoms with van der Waals surface area (Å²) in [5.74, 6) is -2.92. The van der Waals surface area contributed by atoms with E-state index in [1.807, 2.05) is 0 Å². The highest BCUT2D eigenvalue weighted by atomic mass is 19.1. The minimum absolute atomic E-state index is 0.0509. The third-order valence-electron chi connectivity index (χ3n) is 1.67. The minimum Gasteiger partial charge on any atom is -0.496 e. The summed E-state index contributed by atoms with van der Waals surface area (Å²) in [5, 5.41) is 8.36. The van der Waals surface area contributed by atoms with Gasteiger partial charge in [0.2, 0.25) is 0 Å². The van der Waals surface area contributed by atoms with Gasteiger partial charge in [-0.3, -0.25) is 0 Å². The fraction of sp³-hybridized carbons (Fsp3) is 0.100. The van der Waals surface area contributed by atoms with Gasteiger partial charge in [-0.2, -0.15) is 0 Å². The Balaban J connectivity index is 3.20. The molecule has 1 N–H and O–H groups in total. The topological polar surface area (TPSA) is 46.5 Å². The van der Waals surface area contributed by atoms with Crippen molar-refractivity contribution >= 4 is 12.0 Å². The van der Waals surface area contributed by atoms with Gasteiger partial charge in [0, 0.05) is 18.2 Å². The molecule has 1 aromatic carbocycles. The molecule has 80 valence electrons. The second-order valence-electron chi connectivity index (χ2n) is 2.68. The number of hydrogen-bond donors (Lipinski definition) is 1. The summed E-state index contributed by atoms with van der Waals surface area (Å²) in [4.78, 5) is 10.2. The fourth-order valence-corrected chi connectivity index (χ4v) is 1.05. The highest BCUT2D eigenvalue weighted by molar-refractivity contribution is 5.86. The third-order valence-corrected chi connectivity index (χ3v) is 1.67. The van der Waals surface area contributed by atoms with Crippen LogP contribution in [-0.2, 0) is 4.79 Å². The summed E-state index contributed by atoms with van der Waals surface area (Å²) < 4.78 is 30.6. The summed E-state index contributed by atoms with van der Waals surface area (Å²) in [7, 11) is 1.24. The van der Waals surface area contributed by atoms with E-state index >= 15 is 0 Å². The molecule has 0 spiro atoms. The van der Waals surface area contributed by atoms with Gasteiger partial charge in [-0.25, -0.2) is 13.6 Å². The number of benzene rings is 1. The van der Waals surface area contributed by atoms with E-state index in [1.54, 1.807) is 0 Å². The van der Waals surface area contributed by atoms with E-state index in [4.69, 9.17) is 9.84 Å². The number of aliphatic carboxylic acids is 1. The number of carbonyl (C=O) groups is 1. The highest BCUT2D eigenvalue weighted by Crippen LogP contribution is 2.24. The van der Waals surface area contributed by atoms with Crippen molar-refractivity contribution in [3.8, 4) is 5.75 Å². The molecule has 0 bridgehead atoms. The first kappa shape index (κ1) is 11.2. The maximum absolute atomic E-state index is 13.2. The SMILES string of the molecule is COc1cc(F)cc(F)c1/C=C/C(=O)O. The van der Waals surface area contributed by atoms with Gasteiger partial charge in [0.1, 0.15) is 17.4 Å². The molecule has 0 atom stereocenters. The Bertz CT molecular complexity index is 413. The zero-order chi connectivity index (χ0) is 11.4. The molecule has 0 fully saturated rings. The average Bonchev–Trinajstić information content (AvgIpc) is 2.14. The maximum atomic E-state index is 13.2. The molecule has 0 heterocycles. The number of carboxylic acids is 1. The quantitative estimate of drug-likeness (QED) is 0.783. The molecule has 0 amide bonds. The molecule has 0 unspecified atom stereocenters. The van der Waals surface area contributed by atoms with E-state index in [0.29, 0.717) is 6.07 Å². The van der Waals surface area contributed by atoms with Crippen molar-refractivity contribution in [2.24, 2.45) is 0 Å². The van der Waals surface area contributed by atoms with Gasteiger partial charge in [-0.1, -0.05) is 0 Å². The zero-order valence-corrected chi connectivity index (χ0v) is 7.83. The number of ether oxygens (including phenoxy) is 1. The molecule has 0 aliphatic rings. The van der Waals surface area contributed by atoms with Gasteiger partial charge < -0.3 is 9.84 Å². The summed E-state index contributed by atoms with van der Waals surface area (Å²) in [6, 6.07) is 1.63. The Morgan fingerprint density at radius 3 is 2.67 bits per heavy atom. The van der Waals surface area contributed by atoms with Crippen LogP contribution in [0.3, 0.4) is 0 Å². The lowest BCUT2D eigenvalue weighted by Gasteiger charge is -2.05. The molecule has 1 rings (SSSR count). The van der Waals surface area contributed by atoms with Crippen LogP contribution < -0.4 is 4.74 Å². The Labute approximate surface area is 84.6 Å². The monoisotopic (exact) mass is 214 g/mol. The third kappa shape index (κ3) is 2.77. The van der Waals surface area contributed by atoms with Crippen molar-refractivity contribution in [2.45, 2.75) is 0 Å². The molecule has 5 heteroatoms. The second-order valence-corrected chi connectivity index (χ2v) is 2.68. The summed E-state index contributed by atoms with van der Waals surface area (Å²) >= 11 is 0. The van der Waals surface area contributed by atoms with E-state index in [0.717, 1.165) is 18.2 Å². The fourth-order valence-electron chi connectivity index (χ4n) is 1.05. The molecule has 0 saturated carbocycles. The predicted molar refractivity (Wildman–Crippen MR) is 49.6 cm³/mol. The van der Waals surface area contributed by atoms with E-state index in [1.165, 1.54) is 7.11 Å². The van der Waals surface area contributed by atoms with Crippen molar-refractivity contribution in [1.82, 2.24) is 0 Å². The number of methoxy groups -OCH3 is 1. The predicted octanol–water partition coefficient (Wildman–Crippen LogP) is 2.07. The van der Waals surface area contributed by atoms with Gasteiger partial charge in [0.05, 0.1) is 12.7 Å². The van der Waals surface area contributed by atoms with Gasteiger partial charge in [0.25, 0.3) is 0 Å². The Kier molecular flexibility index (Phi) is 3.38. The van der Waals surface area contributed by atoms with Crippen LogP contribution in [0.4, 0.5) is 8.78 Å². The van der Waals surface area contributed by atoms with Crippen LogP contribution in [0.25, 0.3) is 6.08 Å². The maximum Gasteiger partial charge on any atom is 0.328 e. The lowest BCUT2D eigenvalue weighted by Crippen LogP contribution is -1.94. The molecule has 0 aromatic heterocycles. The smallest absolute Gasteiger partial charge is 0.328 e. The molecule has 0 aliphatic carbocycles. The van der Waals surface area contributed by atoms with Crippen molar-refractivity contribution in [1.29, 1.82) is 0 Å². The van der Waals surface area contributed by atoms with Gasteiger partial charge in [-0.05, 0) is 6.08 Å². The minimum atomic E-state index is -1.22. The Hall–Kier alpha value is -1.91. The number of rotatable bonds is 3. The Morgan fingerprint density at radius 2 is 2.13 bits per heavy atom. The van der Waals surface area contributed by atoms with Gasteiger partial charge in [-0.15, -0.1) is 0 Å². The first-order valence-electron chi connectivity index (χ1n) is 3.98. The lowest BCUT2D eigenvalue weighted by molar-refractivity contribution is -0.131. The van der Waals surface area contributed by atoms with Gasteiger partial charge >= 0.3 is 5.97 Å². The molecular weight excluding hydrogens is 206 g/mol. The van der Waals surface area contributed by atoms with Crippen molar-refractivity contribution in [3.63, 3.8) is 0 Å². The van der Waals surface area contributed by atoms with Crippen LogP contribution in [-0.4, -0.2) is 18.2 Å². The molecule has 1 aromatic rings. The van der Waals surface area contributed by atoms with E-state index in [9.17, 15) is 13.6 Å². The zero-order valence-electron chi connectivity index (χ0n) is 7.83. The number of carboxylic acid groups (broad SMARTS) is 1. The molecule has 3 nitrogen and oxygen atoms in total. The summed E-state index contributed by atoms with van der Waals surface area (Å²) in [5.41, 5.74) is -0.0960. The summed E-state index contributed by atoms with van der Waals surface area (Å²) in [6.07, 6.45) is 1.76. The van der Waals surface area contributed by atoms with E-state index in [2.05, 4.69) is 0 Å². The van der Waals surface area contributed by atoms with Crippen LogP contribution in [0, 0.1) is 11.6 Å². The van der Waals surface area contributed by atoms with Gasteiger partial charge in [0.15, 0.2) is 0 Å². The number of halogens is 2. The van der Waals surface area contributed by atoms with Crippen molar-refractivity contribution < 1.29 is 23.4 Å². The largest absolute Gasteiger partial charge is 0.496 e. The van der Waals surface area contributed by atoms with Crippen LogP contribution in [0.5, 0.6) is 5.75 Å². The number of hydrogen-bond acceptors (Lipinski definition) is 2. The highest BCUT2D eigenvalue weighted by Gasteiger charge is 2.09. The van der Waals surface area contributed by atoms with Crippen molar-refractivity contribution in [3.05, 3.63) is 35.4 Å². The van der Waals surface area contributed by atoms with E-state index in [-0.39, 0.29) is 11.3 Å². The molecular formula is C10H8F2O3. The van der Waals surface area contributed by atoms with Crippen LogP contribution in [0.1, 0.15) is 5.56 Å². The Morgan fingerprint density at radius 1 is 1.47 bits per heavy atom. The van der Waals surface area contributed by atoms with Crippen molar-refractivity contribution in [2.75, 3.05) is 7.11 Å². The normalized spacial score (nSPS) is 10.6.